The van der Waals surface area contributed by atoms with Crippen LogP contribution in [0.3, 0.4) is 0 Å². The standard InChI is InChI=1S/C20H20ClFN4O2S/c1-26(2)17(14-4-3-5-16(22)10-14)11-23-18(27)12-29-20-25-24-19(28-20)13-6-8-15(21)9-7-13/h3-10,17H,11-12H2,1-2H3,(H,23,27). The van der Waals surface area contributed by atoms with Gasteiger partial charge in [0.15, 0.2) is 0 Å². The molecule has 3 aromatic rings. The second-order valence-electron chi connectivity index (χ2n) is 6.51. The largest absolute Gasteiger partial charge is 0.411 e. The highest BCUT2D eigenvalue weighted by atomic mass is 35.5. The van der Waals surface area contributed by atoms with Gasteiger partial charge in [0, 0.05) is 17.1 Å². The Morgan fingerprint density at radius 1 is 1.24 bits per heavy atom. The summed E-state index contributed by atoms with van der Waals surface area (Å²) in [5, 5.41) is 11.7. The van der Waals surface area contributed by atoms with Crippen LogP contribution in [0.25, 0.3) is 11.5 Å². The second-order valence-corrected chi connectivity index (χ2v) is 7.87. The zero-order valence-electron chi connectivity index (χ0n) is 15.9. The van der Waals surface area contributed by atoms with Gasteiger partial charge in [0.25, 0.3) is 5.22 Å². The number of nitrogens with zero attached hydrogens (tertiary/aromatic N) is 3. The maximum atomic E-state index is 13.5. The number of thioether (sulfide) groups is 1. The van der Waals surface area contributed by atoms with E-state index >= 15 is 0 Å². The van der Waals surface area contributed by atoms with Crippen molar-refractivity contribution >= 4 is 29.3 Å². The topological polar surface area (TPSA) is 71.3 Å². The van der Waals surface area contributed by atoms with Gasteiger partial charge in [-0.05, 0) is 56.1 Å². The molecule has 1 amide bonds. The minimum Gasteiger partial charge on any atom is -0.411 e. The normalized spacial score (nSPS) is 12.2. The molecule has 0 spiro atoms. The monoisotopic (exact) mass is 434 g/mol. The molecular formula is C20H20ClFN4O2S. The van der Waals surface area contributed by atoms with Crippen molar-refractivity contribution in [2.75, 3.05) is 26.4 Å². The number of carbonyl (C=O) groups is 1. The average molecular weight is 435 g/mol. The lowest BCUT2D eigenvalue weighted by atomic mass is 10.1. The summed E-state index contributed by atoms with van der Waals surface area (Å²) in [4.78, 5) is 14.2. The number of nitrogens with one attached hydrogen (secondary N) is 1. The van der Waals surface area contributed by atoms with Gasteiger partial charge in [-0.1, -0.05) is 35.5 Å². The molecule has 0 aliphatic heterocycles. The summed E-state index contributed by atoms with van der Waals surface area (Å²) in [5.74, 6) is 0.0166. The lowest BCUT2D eigenvalue weighted by Crippen LogP contribution is -2.35. The SMILES string of the molecule is CN(C)C(CNC(=O)CSc1nnc(-c2ccc(Cl)cc2)o1)c1cccc(F)c1. The van der Waals surface area contributed by atoms with Crippen LogP contribution in [-0.4, -0.2) is 47.4 Å². The van der Waals surface area contributed by atoms with Crippen molar-refractivity contribution < 1.29 is 13.6 Å². The summed E-state index contributed by atoms with van der Waals surface area (Å²) in [7, 11) is 3.76. The predicted octanol–water partition coefficient (Wildman–Crippen LogP) is 4.04. The van der Waals surface area contributed by atoms with Gasteiger partial charge in [-0.15, -0.1) is 10.2 Å². The average Bonchev–Trinajstić information content (AvgIpc) is 3.16. The summed E-state index contributed by atoms with van der Waals surface area (Å²) in [6.45, 7) is 0.357. The molecule has 0 radical (unpaired) electrons. The Bertz CT molecular complexity index is 965. The Balaban J connectivity index is 1.52. The Morgan fingerprint density at radius 3 is 2.69 bits per heavy atom. The molecule has 9 heteroatoms. The highest BCUT2D eigenvalue weighted by molar-refractivity contribution is 7.99. The van der Waals surface area contributed by atoms with E-state index in [4.69, 9.17) is 16.0 Å². The van der Waals surface area contributed by atoms with E-state index in [-0.39, 0.29) is 23.5 Å². The zero-order valence-corrected chi connectivity index (χ0v) is 17.5. The van der Waals surface area contributed by atoms with Crippen LogP contribution < -0.4 is 5.32 Å². The van der Waals surface area contributed by atoms with Crippen LogP contribution in [0.5, 0.6) is 0 Å². The predicted molar refractivity (Wildman–Crippen MR) is 111 cm³/mol. The molecule has 0 saturated heterocycles. The molecule has 3 rings (SSSR count). The number of carbonyl (C=O) groups excluding carboxylic acids is 1. The second kappa shape index (κ2) is 9.87. The van der Waals surface area contributed by atoms with E-state index in [0.29, 0.717) is 22.7 Å². The van der Waals surface area contributed by atoms with Crippen molar-refractivity contribution in [1.29, 1.82) is 0 Å². The maximum absolute atomic E-state index is 13.5. The van der Waals surface area contributed by atoms with E-state index in [2.05, 4.69) is 15.5 Å². The quantitative estimate of drug-likeness (QED) is 0.539. The van der Waals surface area contributed by atoms with Crippen LogP contribution >= 0.6 is 23.4 Å². The van der Waals surface area contributed by atoms with Gasteiger partial charge in [-0.3, -0.25) is 4.79 Å². The molecule has 1 aromatic heterocycles. The van der Waals surface area contributed by atoms with Crippen molar-refractivity contribution in [1.82, 2.24) is 20.4 Å². The first-order valence-electron chi connectivity index (χ1n) is 8.83. The highest BCUT2D eigenvalue weighted by Gasteiger charge is 2.17. The van der Waals surface area contributed by atoms with Gasteiger partial charge in [0.2, 0.25) is 11.8 Å². The molecule has 2 aromatic carbocycles. The molecule has 0 bridgehead atoms. The van der Waals surface area contributed by atoms with E-state index in [9.17, 15) is 9.18 Å². The molecule has 1 unspecified atom stereocenters. The van der Waals surface area contributed by atoms with Crippen LogP contribution in [0, 0.1) is 5.82 Å². The van der Waals surface area contributed by atoms with E-state index < -0.39 is 0 Å². The molecule has 1 atom stereocenters. The molecule has 0 aliphatic carbocycles. The first-order valence-corrected chi connectivity index (χ1v) is 10.2. The molecular weight excluding hydrogens is 415 g/mol. The fraction of sp³-hybridized carbons (Fsp3) is 0.250. The minimum atomic E-state index is -0.302. The maximum Gasteiger partial charge on any atom is 0.277 e. The summed E-state index contributed by atoms with van der Waals surface area (Å²) < 4.78 is 19.1. The van der Waals surface area contributed by atoms with Crippen LogP contribution in [0.4, 0.5) is 4.39 Å². The van der Waals surface area contributed by atoms with Gasteiger partial charge >= 0.3 is 0 Å². The lowest BCUT2D eigenvalue weighted by Gasteiger charge is -2.25. The smallest absolute Gasteiger partial charge is 0.277 e. The van der Waals surface area contributed by atoms with Gasteiger partial charge in [-0.25, -0.2) is 4.39 Å². The van der Waals surface area contributed by atoms with Crippen molar-refractivity contribution in [3.63, 3.8) is 0 Å². The van der Waals surface area contributed by atoms with E-state index in [1.165, 1.54) is 12.1 Å². The molecule has 29 heavy (non-hydrogen) atoms. The minimum absolute atomic E-state index is 0.131. The summed E-state index contributed by atoms with van der Waals surface area (Å²) in [6.07, 6.45) is 0. The Labute approximate surface area is 177 Å². The number of rotatable bonds is 8. The number of benzene rings is 2. The zero-order chi connectivity index (χ0) is 20.8. The van der Waals surface area contributed by atoms with Gasteiger partial charge in [-0.2, -0.15) is 0 Å². The molecule has 1 heterocycles. The number of amides is 1. The third-order valence-electron chi connectivity index (χ3n) is 4.17. The summed E-state index contributed by atoms with van der Waals surface area (Å²) in [5.41, 5.74) is 1.55. The third kappa shape index (κ3) is 6.03. The first-order chi connectivity index (χ1) is 13.9. The summed E-state index contributed by atoms with van der Waals surface area (Å²) in [6, 6.07) is 13.3. The van der Waals surface area contributed by atoms with Crippen molar-refractivity contribution in [3.8, 4) is 11.5 Å². The van der Waals surface area contributed by atoms with Crippen molar-refractivity contribution in [3.05, 3.63) is 64.9 Å². The van der Waals surface area contributed by atoms with Crippen molar-refractivity contribution in [2.45, 2.75) is 11.3 Å². The Morgan fingerprint density at radius 2 is 2.00 bits per heavy atom. The number of halogens is 2. The molecule has 0 fully saturated rings. The van der Waals surface area contributed by atoms with Crippen LogP contribution in [0.15, 0.2) is 58.2 Å². The molecule has 0 saturated carbocycles. The van der Waals surface area contributed by atoms with Crippen LogP contribution in [-0.2, 0) is 4.79 Å². The number of hydrogen-bond donors (Lipinski definition) is 1. The fourth-order valence-corrected chi connectivity index (χ4v) is 3.40. The van der Waals surface area contributed by atoms with Gasteiger partial charge < -0.3 is 14.6 Å². The number of hydrogen-bond acceptors (Lipinski definition) is 6. The summed E-state index contributed by atoms with van der Waals surface area (Å²) >= 11 is 7.02. The van der Waals surface area contributed by atoms with Gasteiger partial charge in [0.05, 0.1) is 11.8 Å². The van der Waals surface area contributed by atoms with E-state index in [0.717, 1.165) is 22.9 Å². The number of likely N-dealkylation sites (N-methyl/N-ethyl adjacent to an activating group) is 1. The Hall–Kier alpha value is -2.42. The fourth-order valence-electron chi connectivity index (χ4n) is 2.68. The molecule has 152 valence electrons. The van der Waals surface area contributed by atoms with Crippen molar-refractivity contribution in [2.24, 2.45) is 0 Å². The third-order valence-corrected chi connectivity index (χ3v) is 5.24. The molecule has 0 aliphatic rings. The van der Waals surface area contributed by atoms with E-state index in [1.54, 1.807) is 30.3 Å². The molecule has 1 N–H and O–H groups in total. The number of aromatic nitrogens is 2. The van der Waals surface area contributed by atoms with Crippen LogP contribution in [0.2, 0.25) is 5.02 Å². The highest BCUT2D eigenvalue weighted by Crippen LogP contribution is 2.24. The van der Waals surface area contributed by atoms with Crippen LogP contribution in [0.1, 0.15) is 11.6 Å². The Kier molecular flexibility index (Phi) is 7.24. The van der Waals surface area contributed by atoms with E-state index in [1.807, 2.05) is 25.1 Å². The lowest BCUT2D eigenvalue weighted by molar-refractivity contribution is -0.118. The van der Waals surface area contributed by atoms with Gasteiger partial charge in [0.1, 0.15) is 5.82 Å². The first kappa shape index (κ1) is 21.3. The molecule has 6 nitrogen and oxygen atoms in total.